The number of piperazine rings is 1. The van der Waals surface area contributed by atoms with Crippen LogP contribution in [0.15, 0.2) is 18.2 Å². The normalized spacial score (nSPS) is 14.7. The van der Waals surface area contributed by atoms with Gasteiger partial charge in [-0.25, -0.2) is 4.79 Å². The summed E-state index contributed by atoms with van der Waals surface area (Å²) in [5.41, 5.74) is 3.69. The van der Waals surface area contributed by atoms with Crippen molar-refractivity contribution in [2.75, 3.05) is 44.7 Å². The van der Waals surface area contributed by atoms with E-state index >= 15 is 0 Å². The summed E-state index contributed by atoms with van der Waals surface area (Å²) in [6.07, 6.45) is -0.427. The zero-order valence-corrected chi connectivity index (χ0v) is 13.4. The first-order valence-corrected chi connectivity index (χ1v) is 7.45. The van der Waals surface area contributed by atoms with Crippen LogP contribution < -0.4 is 10.2 Å². The Hall–Kier alpha value is -2.24. The SMILES string of the molecule is CNC(=O)COC(=O)N1CCN(c2cc(C)ccc2C)CC1. The van der Waals surface area contributed by atoms with Gasteiger partial charge in [0.15, 0.2) is 6.61 Å². The van der Waals surface area contributed by atoms with Gasteiger partial charge >= 0.3 is 6.09 Å². The number of nitrogens with one attached hydrogen (secondary N) is 1. The van der Waals surface area contributed by atoms with Crippen LogP contribution in [0.3, 0.4) is 0 Å². The van der Waals surface area contributed by atoms with Crippen molar-refractivity contribution in [3.05, 3.63) is 29.3 Å². The zero-order chi connectivity index (χ0) is 16.1. The Morgan fingerprint density at radius 2 is 1.86 bits per heavy atom. The third-order valence-corrected chi connectivity index (χ3v) is 3.85. The van der Waals surface area contributed by atoms with E-state index in [2.05, 4.69) is 42.3 Å². The molecule has 1 N–H and O–H groups in total. The predicted octanol–water partition coefficient (Wildman–Crippen LogP) is 1.31. The minimum atomic E-state index is -0.427. The lowest BCUT2D eigenvalue weighted by Gasteiger charge is -2.36. The topological polar surface area (TPSA) is 61.9 Å². The average molecular weight is 305 g/mol. The number of rotatable bonds is 3. The molecule has 0 bridgehead atoms. The Kier molecular flexibility index (Phi) is 5.25. The number of hydrogen-bond acceptors (Lipinski definition) is 4. The van der Waals surface area contributed by atoms with E-state index in [0.29, 0.717) is 13.1 Å². The lowest BCUT2D eigenvalue weighted by atomic mass is 10.1. The molecule has 0 radical (unpaired) electrons. The fourth-order valence-corrected chi connectivity index (χ4v) is 2.48. The first-order valence-electron chi connectivity index (χ1n) is 7.45. The summed E-state index contributed by atoms with van der Waals surface area (Å²) in [5, 5.41) is 2.42. The van der Waals surface area contributed by atoms with E-state index in [-0.39, 0.29) is 12.5 Å². The monoisotopic (exact) mass is 305 g/mol. The predicted molar refractivity (Wildman–Crippen MR) is 85.1 cm³/mol. The summed E-state index contributed by atoms with van der Waals surface area (Å²) in [7, 11) is 1.51. The minimum Gasteiger partial charge on any atom is -0.439 e. The molecule has 1 aliphatic heterocycles. The summed E-state index contributed by atoms with van der Waals surface area (Å²) >= 11 is 0. The van der Waals surface area contributed by atoms with Crippen molar-refractivity contribution in [3.63, 3.8) is 0 Å². The van der Waals surface area contributed by atoms with Gasteiger partial charge in [-0.1, -0.05) is 12.1 Å². The van der Waals surface area contributed by atoms with Crippen LogP contribution in [-0.4, -0.2) is 56.7 Å². The lowest BCUT2D eigenvalue weighted by Crippen LogP contribution is -2.49. The third kappa shape index (κ3) is 3.90. The van der Waals surface area contributed by atoms with Crippen LogP contribution in [0.25, 0.3) is 0 Å². The number of benzene rings is 1. The fourth-order valence-electron chi connectivity index (χ4n) is 2.48. The van der Waals surface area contributed by atoms with Gasteiger partial charge in [0.2, 0.25) is 0 Å². The maximum Gasteiger partial charge on any atom is 0.410 e. The first-order chi connectivity index (χ1) is 10.5. The van der Waals surface area contributed by atoms with Crippen molar-refractivity contribution >= 4 is 17.7 Å². The Balaban J connectivity index is 1.89. The van der Waals surface area contributed by atoms with Crippen molar-refractivity contribution < 1.29 is 14.3 Å². The molecular formula is C16H23N3O3. The Bertz CT molecular complexity index is 552. The van der Waals surface area contributed by atoms with Gasteiger partial charge in [0.05, 0.1) is 0 Å². The van der Waals surface area contributed by atoms with Crippen LogP contribution in [0.2, 0.25) is 0 Å². The van der Waals surface area contributed by atoms with Gasteiger partial charge in [-0.05, 0) is 31.0 Å². The van der Waals surface area contributed by atoms with E-state index in [1.165, 1.54) is 23.9 Å². The van der Waals surface area contributed by atoms with E-state index < -0.39 is 6.09 Å². The largest absolute Gasteiger partial charge is 0.439 e. The van der Waals surface area contributed by atoms with Gasteiger partial charge < -0.3 is 19.9 Å². The zero-order valence-electron chi connectivity index (χ0n) is 13.4. The standard InChI is InChI=1S/C16H23N3O3/c1-12-4-5-13(2)14(10-12)18-6-8-19(9-7-18)16(21)22-11-15(20)17-3/h4-5,10H,6-9,11H2,1-3H3,(H,17,20). The third-order valence-electron chi connectivity index (χ3n) is 3.85. The van der Waals surface area contributed by atoms with Gasteiger partial charge in [0, 0.05) is 38.9 Å². The highest BCUT2D eigenvalue weighted by Crippen LogP contribution is 2.22. The van der Waals surface area contributed by atoms with E-state index in [1.807, 2.05) is 0 Å². The molecule has 0 spiro atoms. The fraction of sp³-hybridized carbons (Fsp3) is 0.500. The molecule has 120 valence electrons. The van der Waals surface area contributed by atoms with Crippen molar-refractivity contribution in [2.45, 2.75) is 13.8 Å². The molecule has 22 heavy (non-hydrogen) atoms. The smallest absolute Gasteiger partial charge is 0.410 e. The summed E-state index contributed by atoms with van der Waals surface area (Å²) in [6.45, 7) is 6.67. The molecule has 0 aliphatic carbocycles. The molecule has 2 amide bonds. The van der Waals surface area contributed by atoms with Gasteiger partial charge in [0.1, 0.15) is 0 Å². The highest BCUT2D eigenvalue weighted by atomic mass is 16.6. The molecule has 0 aromatic heterocycles. The van der Waals surface area contributed by atoms with E-state index in [9.17, 15) is 9.59 Å². The highest BCUT2D eigenvalue weighted by molar-refractivity contribution is 5.79. The van der Waals surface area contributed by atoms with E-state index in [0.717, 1.165) is 13.1 Å². The number of ether oxygens (including phenoxy) is 1. The molecule has 1 aromatic rings. The molecule has 0 unspecified atom stereocenters. The maximum absolute atomic E-state index is 11.9. The van der Waals surface area contributed by atoms with Gasteiger partial charge in [0.25, 0.3) is 5.91 Å². The number of carbonyl (C=O) groups excluding carboxylic acids is 2. The Morgan fingerprint density at radius 3 is 2.50 bits per heavy atom. The number of nitrogens with zero attached hydrogens (tertiary/aromatic N) is 2. The molecule has 1 aliphatic rings. The van der Waals surface area contributed by atoms with Gasteiger partial charge in [-0.3, -0.25) is 4.79 Å². The molecule has 2 rings (SSSR count). The second-order valence-corrected chi connectivity index (χ2v) is 5.49. The second kappa shape index (κ2) is 7.15. The van der Waals surface area contributed by atoms with Gasteiger partial charge in [-0.15, -0.1) is 0 Å². The molecular weight excluding hydrogens is 282 g/mol. The van der Waals surface area contributed by atoms with Crippen molar-refractivity contribution in [1.82, 2.24) is 10.2 Å². The first kappa shape index (κ1) is 16.1. The van der Waals surface area contributed by atoms with Crippen molar-refractivity contribution in [3.8, 4) is 0 Å². The van der Waals surface area contributed by atoms with Crippen LogP contribution in [0.4, 0.5) is 10.5 Å². The number of carbonyl (C=O) groups is 2. The molecule has 1 heterocycles. The second-order valence-electron chi connectivity index (χ2n) is 5.49. The van der Waals surface area contributed by atoms with Crippen molar-refractivity contribution in [2.24, 2.45) is 0 Å². The molecule has 0 atom stereocenters. The molecule has 6 nitrogen and oxygen atoms in total. The van der Waals surface area contributed by atoms with Crippen LogP contribution in [0, 0.1) is 13.8 Å². The minimum absolute atomic E-state index is 0.230. The molecule has 0 saturated carbocycles. The molecule has 1 fully saturated rings. The quantitative estimate of drug-likeness (QED) is 0.914. The maximum atomic E-state index is 11.9. The molecule has 1 aromatic carbocycles. The molecule has 6 heteroatoms. The number of anilines is 1. The Labute approximate surface area is 131 Å². The summed E-state index contributed by atoms with van der Waals surface area (Å²) in [5.74, 6) is -0.303. The van der Waals surface area contributed by atoms with Crippen LogP contribution in [0.1, 0.15) is 11.1 Å². The number of aryl methyl sites for hydroxylation is 2. The van der Waals surface area contributed by atoms with E-state index in [1.54, 1.807) is 4.90 Å². The van der Waals surface area contributed by atoms with Crippen LogP contribution in [-0.2, 0) is 9.53 Å². The van der Waals surface area contributed by atoms with Crippen LogP contribution >= 0.6 is 0 Å². The molecule has 1 saturated heterocycles. The highest BCUT2D eigenvalue weighted by Gasteiger charge is 2.23. The number of likely N-dealkylation sites (N-methyl/N-ethyl adjacent to an activating group) is 1. The Morgan fingerprint density at radius 1 is 1.18 bits per heavy atom. The summed E-state index contributed by atoms with van der Waals surface area (Å²) in [4.78, 5) is 26.9. The van der Waals surface area contributed by atoms with E-state index in [4.69, 9.17) is 4.74 Å². The summed E-state index contributed by atoms with van der Waals surface area (Å²) < 4.78 is 4.97. The van der Waals surface area contributed by atoms with Crippen LogP contribution in [0.5, 0.6) is 0 Å². The lowest BCUT2D eigenvalue weighted by molar-refractivity contribution is -0.123. The number of hydrogen-bond donors (Lipinski definition) is 1. The average Bonchev–Trinajstić information content (AvgIpc) is 2.54. The number of amides is 2. The summed E-state index contributed by atoms with van der Waals surface area (Å²) in [6, 6.07) is 6.40. The van der Waals surface area contributed by atoms with Gasteiger partial charge in [-0.2, -0.15) is 0 Å². The van der Waals surface area contributed by atoms with Crippen molar-refractivity contribution in [1.29, 1.82) is 0 Å².